The van der Waals surface area contributed by atoms with Crippen molar-refractivity contribution < 1.29 is 4.74 Å². The molecule has 0 aliphatic heterocycles. The smallest absolute Gasteiger partial charge is 0.221 e. The van der Waals surface area contributed by atoms with E-state index in [9.17, 15) is 0 Å². The SMILES string of the molecule is COc1ncccc1-c1ccnc(Cl)c1. The largest absolute Gasteiger partial charge is 0.481 e. The molecule has 0 N–H and O–H groups in total. The highest BCUT2D eigenvalue weighted by Crippen LogP contribution is 2.28. The van der Waals surface area contributed by atoms with Crippen LogP contribution in [-0.2, 0) is 0 Å². The van der Waals surface area contributed by atoms with Gasteiger partial charge in [0.15, 0.2) is 0 Å². The minimum atomic E-state index is 0.457. The van der Waals surface area contributed by atoms with Crippen LogP contribution in [0, 0.1) is 0 Å². The summed E-state index contributed by atoms with van der Waals surface area (Å²) in [5.41, 5.74) is 1.85. The van der Waals surface area contributed by atoms with Crippen LogP contribution in [0.4, 0.5) is 0 Å². The van der Waals surface area contributed by atoms with Crippen molar-refractivity contribution in [1.82, 2.24) is 9.97 Å². The van der Waals surface area contributed by atoms with Crippen molar-refractivity contribution in [2.24, 2.45) is 0 Å². The van der Waals surface area contributed by atoms with Crippen LogP contribution in [-0.4, -0.2) is 17.1 Å². The van der Waals surface area contributed by atoms with E-state index in [2.05, 4.69) is 9.97 Å². The third-order valence-corrected chi connectivity index (χ3v) is 2.21. The lowest BCUT2D eigenvalue weighted by Gasteiger charge is -2.06. The lowest BCUT2D eigenvalue weighted by atomic mass is 10.1. The highest BCUT2D eigenvalue weighted by atomic mass is 35.5. The summed E-state index contributed by atoms with van der Waals surface area (Å²) in [4.78, 5) is 8.04. The summed E-state index contributed by atoms with van der Waals surface area (Å²) in [5.74, 6) is 0.583. The van der Waals surface area contributed by atoms with Crippen molar-refractivity contribution in [2.75, 3.05) is 7.11 Å². The van der Waals surface area contributed by atoms with Crippen LogP contribution in [0.25, 0.3) is 11.1 Å². The number of pyridine rings is 2. The molecule has 0 fully saturated rings. The summed E-state index contributed by atoms with van der Waals surface area (Å²) < 4.78 is 5.17. The molecule has 0 spiro atoms. The van der Waals surface area contributed by atoms with E-state index in [1.54, 1.807) is 25.6 Å². The van der Waals surface area contributed by atoms with Crippen molar-refractivity contribution in [3.8, 4) is 17.0 Å². The zero-order valence-electron chi connectivity index (χ0n) is 8.14. The molecule has 0 aromatic carbocycles. The van der Waals surface area contributed by atoms with E-state index in [0.717, 1.165) is 11.1 Å². The normalized spacial score (nSPS) is 10.0. The van der Waals surface area contributed by atoms with E-state index >= 15 is 0 Å². The van der Waals surface area contributed by atoms with E-state index in [0.29, 0.717) is 11.0 Å². The first-order valence-corrected chi connectivity index (χ1v) is 4.80. The minimum absolute atomic E-state index is 0.457. The maximum Gasteiger partial charge on any atom is 0.221 e. The van der Waals surface area contributed by atoms with Gasteiger partial charge in [-0.05, 0) is 29.8 Å². The Hall–Kier alpha value is -1.61. The predicted molar refractivity (Wildman–Crippen MR) is 59.0 cm³/mol. The number of methoxy groups -OCH3 is 1. The summed E-state index contributed by atoms with van der Waals surface area (Å²) >= 11 is 5.82. The molecule has 76 valence electrons. The van der Waals surface area contributed by atoms with Crippen LogP contribution in [0.3, 0.4) is 0 Å². The minimum Gasteiger partial charge on any atom is -0.481 e. The number of ether oxygens (including phenoxy) is 1. The number of hydrogen-bond acceptors (Lipinski definition) is 3. The molecular weight excluding hydrogens is 212 g/mol. The van der Waals surface area contributed by atoms with Crippen LogP contribution in [0.5, 0.6) is 5.88 Å². The first kappa shape index (κ1) is 9.93. The van der Waals surface area contributed by atoms with Gasteiger partial charge in [-0.2, -0.15) is 0 Å². The fourth-order valence-electron chi connectivity index (χ4n) is 1.34. The Morgan fingerprint density at radius 1 is 1.20 bits per heavy atom. The van der Waals surface area contributed by atoms with E-state index in [4.69, 9.17) is 16.3 Å². The van der Waals surface area contributed by atoms with Crippen molar-refractivity contribution in [3.05, 3.63) is 41.8 Å². The maximum atomic E-state index is 5.82. The van der Waals surface area contributed by atoms with Gasteiger partial charge in [-0.1, -0.05) is 11.6 Å². The summed E-state index contributed by atoms with van der Waals surface area (Å²) in [6, 6.07) is 7.43. The Bertz CT molecular complexity index is 474. The van der Waals surface area contributed by atoms with Gasteiger partial charge in [0, 0.05) is 18.0 Å². The van der Waals surface area contributed by atoms with Gasteiger partial charge in [0.2, 0.25) is 5.88 Å². The summed E-state index contributed by atoms with van der Waals surface area (Å²) in [5, 5.41) is 0.457. The summed E-state index contributed by atoms with van der Waals surface area (Å²) in [6.07, 6.45) is 3.34. The Morgan fingerprint density at radius 3 is 2.80 bits per heavy atom. The van der Waals surface area contributed by atoms with Gasteiger partial charge in [0.25, 0.3) is 0 Å². The molecule has 0 bridgehead atoms. The van der Waals surface area contributed by atoms with Crippen molar-refractivity contribution in [2.45, 2.75) is 0 Å². The molecule has 15 heavy (non-hydrogen) atoms. The van der Waals surface area contributed by atoms with Gasteiger partial charge in [-0.3, -0.25) is 0 Å². The molecule has 0 saturated heterocycles. The Morgan fingerprint density at radius 2 is 2.07 bits per heavy atom. The Labute approximate surface area is 92.7 Å². The molecule has 2 aromatic heterocycles. The van der Waals surface area contributed by atoms with E-state index in [1.807, 2.05) is 18.2 Å². The molecule has 2 aromatic rings. The van der Waals surface area contributed by atoms with E-state index in [1.165, 1.54) is 0 Å². The van der Waals surface area contributed by atoms with Crippen LogP contribution in [0.1, 0.15) is 0 Å². The standard InChI is InChI=1S/C11H9ClN2O/c1-15-11-9(3-2-5-14-11)8-4-6-13-10(12)7-8/h2-7H,1H3. The Kier molecular flexibility index (Phi) is 2.83. The average molecular weight is 221 g/mol. The number of hydrogen-bond donors (Lipinski definition) is 0. The molecule has 0 unspecified atom stereocenters. The predicted octanol–water partition coefficient (Wildman–Crippen LogP) is 2.81. The van der Waals surface area contributed by atoms with Gasteiger partial charge in [-0.25, -0.2) is 9.97 Å². The molecule has 3 nitrogen and oxygen atoms in total. The molecule has 2 heterocycles. The van der Waals surface area contributed by atoms with Gasteiger partial charge >= 0.3 is 0 Å². The lowest BCUT2D eigenvalue weighted by molar-refractivity contribution is 0.399. The van der Waals surface area contributed by atoms with Gasteiger partial charge in [-0.15, -0.1) is 0 Å². The lowest BCUT2D eigenvalue weighted by Crippen LogP contribution is -1.90. The molecule has 2 rings (SSSR count). The molecule has 0 radical (unpaired) electrons. The molecule has 4 heteroatoms. The molecule has 0 atom stereocenters. The van der Waals surface area contributed by atoms with Crippen LogP contribution >= 0.6 is 11.6 Å². The van der Waals surface area contributed by atoms with Gasteiger partial charge in [0.05, 0.1) is 7.11 Å². The monoisotopic (exact) mass is 220 g/mol. The number of nitrogens with zero attached hydrogens (tertiary/aromatic N) is 2. The molecule has 0 aliphatic rings. The van der Waals surface area contributed by atoms with Crippen LogP contribution in [0.15, 0.2) is 36.7 Å². The van der Waals surface area contributed by atoms with Crippen LogP contribution in [0.2, 0.25) is 5.15 Å². The molecule has 0 aliphatic carbocycles. The highest BCUT2D eigenvalue weighted by Gasteiger charge is 2.06. The van der Waals surface area contributed by atoms with E-state index < -0.39 is 0 Å². The maximum absolute atomic E-state index is 5.82. The van der Waals surface area contributed by atoms with Gasteiger partial charge in [0.1, 0.15) is 5.15 Å². The first-order chi connectivity index (χ1) is 7.31. The molecular formula is C11H9ClN2O. The molecule has 0 saturated carbocycles. The third-order valence-electron chi connectivity index (χ3n) is 2.00. The second kappa shape index (κ2) is 4.28. The first-order valence-electron chi connectivity index (χ1n) is 4.42. The third kappa shape index (κ3) is 2.07. The second-order valence-electron chi connectivity index (χ2n) is 2.93. The van der Waals surface area contributed by atoms with Gasteiger partial charge < -0.3 is 4.74 Å². The highest BCUT2D eigenvalue weighted by molar-refractivity contribution is 6.29. The van der Waals surface area contributed by atoms with Crippen molar-refractivity contribution in [3.63, 3.8) is 0 Å². The summed E-state index contributed by atoms with van der Waals surface area (Å²) in [6.45, 7) is 0. The number of halogens is 1. The number of aromatic nitrogens is 2. The Balaban J connectivity index is 2.53. The quantitative estimate of drug-likeness (QED) is 0.730. The summed E-state index contributed by atoms with van der Waals surface area (Å²) in [7, 11) is 1.59. The fourth-order valence-corrected chi connectivity index (χ4v) is 1.52. The zero-order valence-corrected chi connectivity index (χ0v) is 8.90. The second-order valence-corrected chi connectivity index (χ2v) is 3.31. The fraction of sp³-hybridized carbons (Fsp3) is 0.0909. The van der Waals surface area contributed by atoms with Crippen molar-refractivity contribution >= 4 is 11.6 Å². The topological polar surface area (TPSA) is 35.0 Å². The number of rotatable bonds is 2. The van der Waals surface area contributed by atoms with Crippen molar-refractivity contribution in [1.29, 1.82) is 0 Å². The zero-order chi connectivity index (χ0) is 10.7. The van der Waals surface area contributed by atoms with E-state index in [-0.39, 0.29) is 0 Å². The molecule has 0 amide bonds. The average Bonchev–Trinajstić information content (AvgIpc) is 2.29. The van der Waals surface area contributed by atoms with Crippen LogP contribution < -0.4 is 4.74 Å².